The van der Waals surface area contributed by atoms with E-state index in [2.05, 4.69) is 5.32 Å². The molecule has 3 N–H and O–H groups in total. The van der Waals surface area contributed by atoms with Crippen molar-refractivity contribution in [2.24, 2.45) is 5.73 Å². The van der Waals surface area contributed by atoms with Crippen molar-refractivity contribution in [3.63, 3.8) is 0 Å². The summed E-state index contributed by atoms with van der Waals surface area (Å²) in [4.78, 5) is 11.1. The van der Waals surface area contributed by atoms with Crippen molar-refractivity contribution in [2.45, 2.75) is 20.3 Å². The normalized spacial score (nSPS) is 10.2. The van der Waals surface area contributed by atoms with Crippen LogP contribution in [0, 0.1) is 13.8 Å². The van der Waals surface area contributed by atoms with Gasteiger partial charge in [-0.15, -0.1) is 0 Å². The van der Waals surface area contributed by atoms with E-state index in [-0.39, 0.29) is 12.5 Å². The van der Waals surface area contributed by atoms with E-state index < -0.39 is 0 Å². The van der Waals surface area contributed by atoms with Crippen LogP contribution in [-0.4, -0.2) is 33.2 Å². The number of rotatable bonds is 6. The van der Waals surface area contributed by atoms with Crippen LogP contribution in [0.1, 0.15) is 16.7 Å². The lowest BCUT2D eigenvalue weighted by Crippen LogP contribution is -2.31. The van der Waals surface area contributed by atoms with Crippen molar-refractivity contribution in [1.29, 1.82) is 0 Å². The standard InChI is InChI=1S/C14H22N2O3/c1-9-10(2)14(19-4)11(7-12(9)18-3)5-6-16-13(17)8-15/h7H,5-6,8,15H2,1-4H3,(H,16,17). The number of benzene rings is 1. The van der Waals surface area contributed by atoms with Gasteiger partial charge in [-0.05, 0) is 43.0 Å². The van der Waals surface area contributed by atoms with Crippen molar-refractivity contribution in [3.8, 4) is 11.5 Å². The second kappa shape index (κ2) is 6.99. The molecule has 0 aliphatic heterocycles. The molecule has 0 atom stereocenters. The van der Waals surface area contributed by atoms with Gasteiger partial charge in [-0.3, -0.25) is 4.79 Å². The Morgan fingerprint density at radius 1 is 1.26 bits per heavy atom. The van der Waals surface area contributed by atoms with E-state index in [9.17, 15) is 4.79 Å². The summed E-state index contributed by atoms with van der Waals surface area (Å²) in [6.45, 7) is 4.53. The third-order valence-corrected chi connectivity index (χ3v) is 3.20. The highest BCUT2D eigenvalue weighted by atomic mass is 16.5. The molecule has 5 nitrogen and oxygen atoms in total. The van der Waals surface area contributed by atoms with E-state index >= 15 is 0 Å². The van der Waals surface area contributed by atoms with E-state index in [1.54, 1.807) is 14.2 Å². The molecule has 0 saturated carbocycles. The first kappa shape index (κ1) is 15.3. The maximum atomic E-state index is 11.1. The van der Waals surface area contributed by atoms with Crippen molar-refractivity contribution in [1.82, 2.24) is 5.32 Å². The van der Waals surface area contributed by atoms with Gasteiger partial charge in [-0.25, -0.2) is 0 Å². The van der Waals surface area contributed by atoms with Gasteiger partial charge in [0.15, 0.2) is 0 Å². The van der Waals surface area contributed by atoms with Crippen molar-refractivity contribution in [3.05, 3.63) is 22.8 Å². The van der Waals surface area contributed by atoms with Gasteiger partial charge in [-0.1, -0.05) is 0 Å². The number of carbonyl (C=O) groups excluding carboxylic acids is 1. The van der Waals surface area contributed by atoms with E-state index in [1.165, 1.54) is 0 Å². The van der Waals surface area contributed by atoms with Gasteiger partial charge in [0.1, 0.15) is 11.5 Å². The number of ether oxygens (including phenoxy) is 2. The van der Waals surface area contributed by atoms with Gasteiger partial charge in [0.2, 0.25) is 5.91 Å². The Kier molecular flexibility index (Phi) is 5.63. The Labute approximate surface area is 114 Å². The molecule has 0 heterocycles. The highest BCUT2D eigenvalue weighted by Gasteiger charge is 2.13. The molecule has 5 heteroatoms. The molecule has 0 spiro atoms. The number of hydrogen-bond donors (Lipinski definition) is 2. The lowest BCUT2D eigenvalue weighted by atomic mass is 10.0. The fourth-order valence-corrected chi connectivity index (χ4v) is 2.02. The van der Waals surface area contributed by atoms with Crippen LogP contribution in [0.15, 0.2) is 6.07 Å². The van der Waals surface area contributed by atoms with Gasteiger partial charge in [0.25, 0.3) is 0 Å². The molecule has 0 aliphatic carbocycles. The van der Waals surface area contributed by atoms with Crippen LogP contribution in [0.25, 0.3) is 0 Å². The Morgan fingerprint density at radius 2 is 1.95 bits per heavy atom. The molecule has 0 bridgehead atoms. The number of amides is 1. The molecule has 1 aromatic carbocycles. The first-order valence-electron chi connectivity index (χ1n) is 6.23. The van der Waals surface area contributed by atoms with Crippen LogP contribution in [-0.2, 0) is 11.2 Å². The molecule has 1 amide bonds. The monoisotopic (exact) mass is 266 g/mol. The molecule has 106 valence electrons. The molecule has 0 unspecified atom stereocenters. The second-order valence-electron chi connectivity index (χ2n) is 4.33. The Balaban J connectivity index is 2.92. The molecule has 0 aliphatic rings. The summed E-state index contributed by atoms with van der Waals surface area (Å²) in [5.74, 6) is 1.52. The topological polar surface area (TPSA) is 73.6 Å². The van der Waals surface area contributed by atoms with Gasteiger partial charge in [-0.2, -0.15) is 0 Å². The van der Waals surface area contributed by atoms with Crippen LogP contribution in [0.2, 0.25) is 0 Å². The van der Waals surface area contributed by atoms with E-state index in [4.69, 9.17) is 15.2 Å². The molecule has 0 radical (unpaired) electrons. The minimum absolute atomic E-state index is 0.00732. The van der Waals surface area contributed by atoms with Crippen LogP contribution in [0.5, 0.6) is 11.5 Å². The number of hydrogen-bond acceptors (Lipinski definition) is 4. The molecular weight excluding hydrogens is 244 g/mol. The summed E-state index contributed by atoms with van der Waals surface area (Å²) < 4.78 is 10.8. The van der Waals surface area contributed by atoms with Crippen LogP contribution >= 0.6 is 0 Å². The Bertz CT molecular complexity index is 458. The number of methoxy groups -OCH3 is 2. The van der Waals surface area contributed by atoms with Crippen LogP contribution < -0.4 is 20.5 Å². The van der Waals surface area contributed by atoms with Gasteiger partial charge < -0.3 is 20.5 Å². The van der Waals surface area contributed by atoms with Gasteiger partial charge in [0.05, 0.1) is 20.8 Å². The predicted octanol–water partition coefficient (Wildman–Crippen LogP) is 0.938. The molecule has 0 saturated heterocycles. The van der Waals surface area contributed by atoms with E-state index in [0.717, 1.165) is 28.2 Å². The van der Waals surface area contributed by atoms with Crippen molar-refractivity contribution >= 4 is 5.91 Å². The maximum Gasteiger partial charge on any atom is 0.233 e. The highest BCUT2D eigenvalue weighted by molar-refractivity contribution is 5.77. The number of carbonyl (C=O) groups is 1. The van der Waals surface area contributed by atoms with Crippen molar-refractivity contribution < 1.29 is 14.3 Å². The Hall–Kier alpha value is -1.75. The first-order valence-corrected chi connectivity index (χ1v) is 6.23. The predicted molar refractivity (Wildman–Crippen MR) is 74.8 cm³/mol. The summed E-state index contributed by atoms with van der Waals surface area (Å²) in [6.07, 6.45) is 0.673. The minimum Gasteiger partial charge on any atom is -0.496 e. The fourth-order valence-electron chi connectivity index (χ4n) is 2.02. The quantitative estimate of drug-likeness (QED) is 0.803. The molecule has 0 fully saturated rings. The zero-order valence-corrected chi connectivity index (χ0v) is 12.0. The SMILES string of the molecule is COc1cc(CCNC(=O)CN)c(OC)c(C)c1C. The van der Waals surface area contributed by atoms with E-state index in [0.29, 0.717) is 13.0 Å². The smallest absolute Gasteiger partial charge is 0.233 e. The van der Waals surface area contributed by atoms with Gasteiger partial charge >= 0.3 is 0 Å². The first-order chi connectivity index (χ1) is 9.04. The molecule has 1 aromatic rings. The summed E-state index contributed by atoms with van der Waals surface area (Å²) >= 11 is 0. The number of nitrogens with one attached hydrogen (secondary N) is 1. The molecule has 1 rings (SSSR count). The second-order valence-corrected chi connectivity index (χ2v) is 4.33. The number of nitrogens with two attached hydrogens (primary N) is 1. The zero-order valence-electron chi connectivity index (χ0n) is 12.0. The highest BCUT2D eigenvalue weighted by Crippen LogP contribution is 2.33. The summed E-state index contributed by atoms with van der Waals surface area (Å²) in [5, 5.41) is 2.74. The third kappa shape index (κ3) is 3.61. The van der Waals surface area contributed by atoms with Crippen molar-refractivity contribution in [2.75, 3.05) is 27.3 Å². The molecular formula is C14H22N2O3. The molecule has 0 aromatic heterocycles. The van der Waals surface area contributed by atoms with Crippen LogP contribution in [0.3, 0.4) is 0 Å². The van der Waals surface area contributed by atoms with E-state index in [1.807, 2.05) is 19.9 Å². The average Bonchev–Trinajstić information content (AvgIpc) is 2.42. The average molecular weight is 266 g/mol. The zero-order chi connectivity index (χ0) is 14.4. The third-order valence-electron chi connectivity index (χ3n) is 3.20. The minimum atomic E-state index is -0.158. The van der Waals surface area contributed by atoms with Crippen LogP contribution in [0.4, 0.5) is 0 Å². The Morgan fingerprint density at radius 3 is 2.47 bits per heavy atom. The summed E-state index contributed by atoms with van der Waals surface area (Å²) in [7, 11) is 3.30. The molecule has 19 heavy (non-hydrogen) atoms. The van der Waals surface area contributed by atoms with Gasteiger partial charge in [0, 0.05) is 6.54 Å². The lowest BCUT2D eigenvalue weighted by Gasteiger charge is -2.17. The largest absolute Gasteiger partial charge is 0.496 e. The summed E-state index contributed by atoms with van der Waals surface area (Å²) in [5.41, 5.74) is 8.38. The maximum absolute atomic E-state index is 11.1. The lowest BCUT2D eigenvalue weighted by molar-refractivity contribution is -0.119. The fraction of sp³-hybridized carbons (Fsp3) is 0.500. The summed E-state index contributed by atoms with van der Waals surface area (Å²) in [6, 6.07) is 1.95.